The molecule has 0 saturated heterocycles. The van der Waals surface area contributed by atoms with E-state index in [2.05, 4.69) is 23.0 Å². The zero-order chi connectivity index (χ0) is 14.4. The number of para-hydroxylation sites is 1. The molecule has 4 nitrogen and oxygen atoms in total. The Bertz CT molecular complexity index is 814. The molecule has 1 aromatic carbocycles. The molecular formula is C17H17N3O. The number of carbonyl (C=O) groups is 1. The summed E-state index contributed by atoms with van der Waals surface area (Å²) in [5.41, 5.74) is 4.43. The average Bonchev–Trinajstić information content (AvgIpc) is 3.10. The molecule has 2 aromatic heterocycles. The number of rotatable bonds is 2. The molecule has 1 atom stereocenters. The van der Waals surface area contributed by atoms with Crippen LogP contribution in [-0.4, -0.2) is 20.4 Å². The van der Waals surface area contributed by atoms with Crippen LogP contribution in [0.25, 0.3) is 10.9 Å². The van der Waals surface area contributed by atoms with Crippen molar-refractivity contribution in [2.24, 2.45) is 5.92 Å². The van der Waals surface area contributed by atoms with E-state index in [1.165, 1.54) is 16.6 Å². The van der Waals surface area contributed by atoms with Gasteiger partial charge in [-0.1, -0.05) is 18.2 Å². The van der Waals surface area contributed by atoms with Crippen molar-refractivity contribution in [1.82, 2.24) is 14.5 Å². The summed E-state index contributed by atoms with van der Waals surface area (Å²) >= 11 is 0. The first-order chi connectivity index (χ1) is 10.3. The van der Waals surface area contributed by atoms with Crippen molar-refractivity contribution in [1.29, 1.82) is 0 Å². The van der Waals surface area contributed by atoms with Gasteiger partial charge in [0.05, 0.1) is 17.5 Å². The molecule has 0 bridgehead atoms. The predicted octanol–water partition coefficient (Wildman–Crippen LogP) is 3.12. The molecular weight excluding hydrogens is 262 g/mol. The second-order valence-corrected chi connectivity index (χ2v) is 5.76. The highest BCUT2D eigenvalue weighted by Gasteiger charge is 2.30. The average molecular weight is 279 g/mol. The Morgan fingerprint density at radius 3 is 3.05 bits per heavy atom. The second-order valence-electron chi connectivity index (χ2n) is 5.76. The molecule has 1 N–H and O–H groups in total. The number of benzene rings is 1. The highest BCUT2D eigenvalue weighted by Crippen LogP contribution is 2.32. The molecule has 0 fully saturated rings. The van der Waals surface area contributed by atoms with Crippen molar-refractivity contribution in [3.63, 3.8) is 0 Å². The lowest BCUT2D eigenvalue weighted by molar-refractivity contribution is 0.0808. The fourth-order valence-electron chi connectivity index (χ4n) is 3.47. The number of aromatic nitrogens is 3. The lowest BCUT2D eigenvalue weighted by Gasteiger charge is -2.23. The Hall–Kier alpha value is -2.36. The van der Waals surface area contributed by atoms with E-state index in [4.69, 9.17) is 0 Å². The van der Waals surface area contributed by atoms with Gasteiger partial charge < -0.3 is 4.98 Å². The highest BCUT2D eigenvalue weighted by atomic mass is 16.2. The van der Waals surface area contributed by atoms with Crippen LogP contribution in [0.1, 0.15) is 28.2 Å². The standard InChI is InChI=1S/C17H17N3O/c1-11-14-4-2-3-5-16(14)20-15(11)7-6-12(17(20)21)8-13-9-18-10-19-13/h2-5,9-10,12H,6-8H2,1H3,(H,18,19). The van der Waals surface area contributed by atoms with Gasteiger partial charge in [-0.25, -0.2) is 4.98 Å². The van der Waals surface area contributed by atoms with Gasteiger partial charge in [0, 0.05) is 29.6 Å². The minimum Gasteiger partial charge on any atom is -0.351 e. The van der Waals surface area contributed by atoms with Crippen molar-refractivity contribution >= 4 is 16.8 Å². The van der Waals surface area contributed by atoms with Gasteiger partial charge in [-0.05, 0) is 31.4 Å². The van der Waals surface area contributed by atoms with Crippen LogP contribution in [0, 0.1) is 12.8 Å². The smallest absolute Gasteiger partial charge is 0.234 e. The fraction of sp³-hybridized carbons (Fsp3) is 0.294. The van der Waals surface area contributed by atoms with Gasteiger partial charge in [0.1, 0.15) is 0 Å². The lowest BCUT2D eigenvalue weighted by atomic mass is 9.92. The normalized spacial score (nSPS) is 18.1. The summed E-state index contributed by atoms with van der Waals surface area (Å²) in [4.78, 5) is 20.1. The van der Waals surface area contributed by atoms with Crippen LogP contribution in [0.3, 0.4) is 0 Å². The summed E-state index contributed by atoms with van der Waals surface area (Å²) in [5.74, 6) is 0.236. The summed E-state index contributed by atoms with van der Waals surface area (Å²) < 4.78 is 1.94. The third kappa shape index (κ3) is 1.82. The monoisotopic (exact) mass is 279 g/mol. The first-order valence-corrected chi connectivity index (χ1v) is 7.36. The minimum atomic E-state index is 0.0241. The maximum atomic E-state index is 12.9. The van der Waals surface area contributed by atoms with Crippen molar-refractivity contribution in [2.75, 3.05) is 0 Å². The van der Waals surface area contributed by atoms with Crippen LogP contribution in [0.15, 0.2) is 36.8 Å². The summed E-state index contributed by atoms with van der Waals surface area (Å²) in [6, 6.07) is 8.18. The number of aromatic amines is 1. The van der Waals surface area contributed by atoms with Gasteiger partial charge in [-0.3, -0.25) is 9.36 Å². The molecule has 1 aliphatic rings. The first kappa shape index (κ1) is 12.4. The second kappa shape index (κ2) is 4.58. The van der Waals surface area contributed by atoms with E-state index in [1.54, 1.807) is 6.33 Å². The lowest BCUT2D eigenvalue weighted by Crippen LogP contribution is -2.30. The molecule has 0 aliphatic carbocycles. The Morgan fingerprint density at radius 2 is 2.24 bits per heavy atom. The molecule has 21 heavy (non-hydrogen) atoms. The van der Waals surface area contributed by atoms with E-state index in [-0.39, 0.29) is 11.8 Å². The molecule has 0 amide bonds. The molecule has 106 valence electrons. The molecule has 3 aromatic rings. The Kier molecular flexibility index (Phi) is 2.70. The number of imidazole rings is 1. The number of hydrogen-bond donors (Lipinski definition) is 1. The zero-order valence-corrected chi connectivity index (χ0v) is 12.0. The maximum absolute atomic E-state index is 12.9. The maximum Gasteiger partial charge on any atom is 0.234 e. The third-order valence-electron chi connectivity index (χ3n) is 4.56. The molecule has 0 radical (unpaired) electrons. The topological polar surface area (TPSA) is 50.7 Å². The van der Waals surface area contributed by atoms with Crippen molar-refractivity contribution in [3.05, 3.63) is 53.7 Å². The number of fused-ring (bicyclic) bond motifs is 3. The van der Waals surface area contributed by atoms with E-state index >= 15 is 0 Å². The van der Waals surface area contributed by atoms with Gasteiger partial charge in [-0.15, -0.1) is 0 Å². The Morgan fingerprint density at radius 1 is 1.38 bits per heavy atom. The number of hydrogen-bond acceptors (Lipinski definition) is 2. The number of aryl methyl sites for hydroxylation is 1. The van der Waals surface area contributed by atoms with E-state index in [1.807, 2.05) is 29.0 Å². The van der Waals surface area contributed by atoms with E-state index in [0.717, 1.165) is 24.1 Å². The Balaban J connectivity index is 1.79. The number of nitrogens with zero attached hydrogens (tertiary/aromatic N) is 2. The van der Waals surface area contributed by atoms with E-state index in [9.17, 15) is 4.79 Å². The van der Waals surface area contributed by atoms with Crippen LogP contribution in [0.2, 0.25) is 0 Å². The SMILES string of the molecule is Cc1c2n(c3ccccc13)C(=O)C(Cc1c[nH]cn1)CC2. The largest absolute Gasteiger partial charge is 0.351 e. The van der Waals surface area contributed by atoms with Crippen molar-refractivity contribution in [3.8, 4) is 0 Å². The zero-order valence-electron chi connectivity index (χ0n) is 12.0. The molecule has 0 saturated carbocycles. The van der Waals surface area contributed by atoms with Crippen LogP contribution in [0.5, 0.6) is 0 Å². The summed E-state index contributed by atoms with van der Waals surface area (Å²) in [6.07, 6.45) is 6.13. The number of carbonyl (C=O) groups excluding carboxylic acids is 1. The van der Waals surface area contributed by atoms with Gasteiger partial charge in [0.2, 0.25) is 5.91 Å². The van der Waals surface area contributed by atoms with Gasteiger partial charge in [-0.2, -0.15) is 0 Å². The minimum absolute atomic E-state index is 0.0241. The summed E-state index contributed by atoms with van der Waals surface area (Å²) in [7, 11) is 0. The summed E-state index contributed by atoms with van der Waals surface area (Å²) in [6.45, 7) is 2.12. The van der Waals surface area contributed by atoms with E-state index < -0.39 is 0 Å². The highest BCUT2D eigenvalue weighted by molar-refractivity contribution is 5.97. The molecule has 0 spiro atoms. The quantitative estimate of drug-likeness (QED) is 0.783. The Labute approximate surface area is 122 Å². The fourth-order valence-corrected chi connectivity index (χ4v) is 3.47. The van der Waals surface area contributed by atoms with Gasteiger partial charge >= 0.3 is 0 Å². The van der Waals surface area contributed by atoms with Crippen LogP contribution >= 0.6 is 0 Å². The predicted molar refractivity (Wildman–Crippen MR) is 81.4 cm³/mol. The molecule has 1 aliphatic heterocycles. The third-order valence-corrected chi connectivity index (χ3v) is 4.56. The molecule has 4 heteroatoms. The summed E-state index contributed by atoms with van der Waals surface area (Å²) in [5, 5.41) is 1.20. The molecule has 3 heterocycles. The van der Waals surface area contributed by atoms with Crippen LogP contribution in [-0.2, 0) is 12.8 Å². The van der Waals surface area contributed by atoms with Crippen molar-refractivity contribution < 1.29 is 4.79 Å². The molecule has 4 rings (SSSR count). The number of nitrogens with one attached hydrogen (secondary N) is 1. The number of H-pyrrole nitrogens is 1. The molecule has 1 unspecified atom stereocenters. The van der Waals surface area contributed by atoms with Gasteiger partial charge in [0.15, 0.2) is 0 Å². The van der Waals surface area contributed by atoms with Crippen molar-refractivity contribution in [2.45, 2.75) is 26.2 Å². The van der Waals surface area contributed by atoms with Gasteiger partial charge in [0.25, 0.3) is 0 Å². The van der Waals surface area contributed by atoms with E-state index in [0.29, 0.717) is 6.42 Å². The van der Waals surface area contributed by atoms with Crippen LogP contribution < -0.4 is 0 Å². The first-order valence-electron chi connectivity index (χ1n) is 7.36. The van der Waals surface area contributed by atoms with Crippen LogP contribution in [0.4, 0.5) is 0 Å².